The fraction of sp³-hybridized carbons (Fsp3) is 0. The molecule has 0 aromatic heterocycles. The lowest BCUT2D eigenvalue weighted by Crippen LogP contribution is -2.00. The number of hydrogen-bond acceptors (Lipinski definition) is 5. The Morgan fingerprint density at radius 1 is 0.857 bits per heavy atom. The van der Waals surface area contributed by atoms with Crippen LogP contribution in [0.2, 0.25) is 0 Å². The number of ketones is 1. The molecular weight excluding hydrogens is 280 g/mol. The van der Waals surface area contributed by atoms with E-state index in [2.05, 4.69) is 0 Å². The molecule has 8 nitrogen and oxygen atoms in total. The maximum atomic E-state index is 12.0. The minimum atomic E-state index is -1.50. The molecule has 1 N–H and O–H groups in total. The van der Waals surface area contributed by atoms with Gasteiger partial charge in [-0.05, 0) is 12.1 Å². The van der Waals surface area contributed by atoms with Gasteiger partial charge in [0.1, 0.15) is 0 Å². The van der Waals surface area contributed by atoms with Gasteiger partial charge in [-0.1, -0.05) is 30.3 Å². The van der Waals surface area contributed by atoms with E-state index >= 15 is 0 Å². The Hall–Kier alpha value is -3.29. The molecule has 0 heterocycles. The molecule has 2 aromatic rings. The molecule has 0 aliphatic rings. The Labute approximate surface area is 118 Å². The van der Waals surface area contributed by atoms with Crippen LogP contribution in [-0.2, 0) is 0 Å². The van der Waals surface area contributed by atoms with Gasteiger partial charge in [0.15, 0.2) is 5.78 Å². The minimum Gasteiger partial charge on any atom is -0.328 e. The number of carbonyl (C=O) groups excluding carboxylic acids is 1. The van der Waals surface area contributed by atoms with E-state index in [1.54, 1.807) is 24.3 Å². The molecule has 0 aliphatic heterocycles. The van der Waals surface area contributed by atoms with Crippen molar-refractivity contribution >= 4 is 11.5 Å². The molecule has 2 aromatic carbocycles. The molecular formula is C13H10N2O6. The molecule has 0 radical (unpaired) electrons. The number of carbonyl (C=O) groups is 1. The Kier molecular flexibility index (Phi) is 5.51. The van der Waals surface area contributed by atoms with Crippen LogP contribution in [0.5, 0.6) is 0 Å². The lowest BCUT2D eigenvalue weighted by molar-refractivity contribution is -0.742. The fourth-order valence-corrected chi connectivity index (χ4v) is 1.49. The van der Waals surface area contributed by atoms with Crippen LogP contribution in [-0.4, -0.2) is 21.0 Å². The van der Waals surface area contributed by atoms with Crippen LogP contribution in [0.4, 0.5) is 5.69 Å². The van der Waals surface area contributed by atoms with Crippen molar-refractivity contribution < 1.29 is 20.0 Å². The van der Waals surface area contributed by atoms with Crippen molar-refractivity contribution in [1.29, 1.82) is 0 Å². The second kappa shape index (κ2) is 7.34. The number of benzene rings is 2. The first-order valence-electron chi connectivity index (χ1n) is 5.59. The van der Waals surface area contributed by atoms with Gasteiger partial charge < -0.3 is 5.21 Å². The molecule has 0 bridgehead atoms. The van der Waals surface area contributed by atoms with Crippen LogP contribution in [0, 0.1) is 20.2 Å². The average molecular weight is 290 g/mol. The third kappa shape index (κ3) is 5.07. The Balaban J connectivity index is 0.000000491. The van der Waals surface area contributed by atoms with Gasteiger partial charge in [-0.3, -0.25) is 14.9 Å². The molecule has 0 amide bonds. The highest BCUT2D eigenvalue weighted by atomic mass is 16.9. The molecule has 0 aliphatic carbocycles. The van der Waals surface area contributed by atoms with E-state index in [4.69, 9.17) is 15.3 Å². The van der Waals surface area contributed by atoms with Gasteiger partial charge in [-0.15, -0.1) is 10.1 Å². The molecule has 21 heavy (non-hydrogen) atoms. The van der Waals surface area contributed by atoms with E-state index in [0.717, 1.165) is 0 Å². The van der Waals surface area contributed by atoms with Crippen LogP contribution >= 0.6 is 0 Å². The molecule has 0 saturated carbocycles. The molecule has 0 unspecified atom stereocenters. The highest BCUT2D eigenvalue weighted by Crippen LogP contribution is 2.15. The summed E-state index contributed by atoms with van der Waals surface area (Å²) in [5.74, 6) is -0.138. The molecule has 2 rings (SSSR count). The predicted molar refractivity (Wildman–Crippen MR) is 71.8 cm³/mol. The normalized spacial score (nSPS) is 9.14. The number of nitrogens with zero attached hydrogens (tertiary/aromatic N) is 2. The van der Waals surface area contributed by atoms with Gasteiger partial charge in [0, 0.05) is 23.3 Å². The monoisotopic (exact) mass is 290 g/mol. The zero-order valence-corrected chi connectivity index (χ0v) is 10.6. The summed E-state index contributed by atoms with van der Waals surface area (Å²) < 4.78 is 0. The highest BCUT2D eigenvalue weighted by molar-refractivity contribution is 6.09. The molecule has 0 atom stereocenters. The van der Waals surface area contributed by atoms with Gasteiger partial charge >= 0.3 is 0 Å². The van der Waals surface area contributed by atoms with E-state index in [-0.39, 0.29) is 11.5 Å². The second-order valence-electron chi connectivity index (χ2n) is 3.74. The largest absolute Gasteiger partial charge is 0.328 e. The second-order valence-corrected chi connectivity index (χ2v) is 3.74. The summed E-state index contributed by atoms with van der Waals surface area (Å²) in [5, 5.41) is 24.1. The van der Waals surface area contributed by atoms with E-state index in [1.807, 2.05) is 6.07 Å². The SMILES string of the molecule is O=C(c1ccccc1)c1ccc([N+](=O)[O-])cc1.O=[N+]([O-])O. The summed E-state index contributed by atoms with van der Waals surface area (Å²) in [6, 6.07) is 14.4. The fourth-order valence-electron chi connectivity index (χ4n) is 1.49. The summed E-state index contributed by atoms with van der Waals surface area (Å²) in [6.07, 6.45) is 0. The summed E-state index contributed by atoms with van der Waals surface area (Å²) in [4.78, 5) is 30.3. The van der Waals surface area contributed by atoms with Crippen LogP contribution < -0.4 is 0 Å². The van der Waals surface area contributed by atoms with Crippen molar-refractivity contribution in [3.8, 4) is 0 Å². The van der Waals surface area contributed by atoms with Gasteiger partial charge in [-0.2, -0.15) is 0 Å². The third-order valence-corrected chi connectivity index (χ3v) is 2.38. The van der Waals surface area contributed by atoms with Gasteiger partial charge in [0.2, 0.25) is 0 Å². The first-order chi connectivity index (χ1) is 9.91. The minimum absolute atomic E-state index is 0.0189. The predicted octanol–water partition coefficient (Wildman–Crippen LogP) is 2.48. The van der Waals surface area contributed by atoms with Crippen LogP contribution in [0.3, 0.4) is 0 Å². The zero-order chi connectivity index (χ0) is 15.8. The van der Waals surface area contributed by atoms with Gasteiger partial charge in [-0.25, -0.2) is 0 Å². The molecule has 0 spiro atoms. The third-order valence-electron chi connectivity index (χ3n) is 2.38. The summed E-state index contributed by atoms with van der Waals surface area (Å²) >= 11 is 0. The summed E-state index contributed by atoms with van der Waals surface area (Å²) in [5.41, 5.74) is 0.998. The van der Waals surface area contributed by atoms with Crippen molar-refractivity contribution in [3.63, 3.8) is 0 Å². The van der Waals surface area contributed by atoms with E-state index in [0.29, 0.717) is 11.1 Å². The first kappa shape index (κ1) is 15.8. The Bertz CT molecular complexity index is 635. The number of non-ortho nitro benzene ring substituents is 1. The van der Waals surface area contributed by atoms with Crippen LogP contribution in [0.25, 0.3) is 0 Å². The van der Waals surface area contributed by atoms with E-state index in [9.17, 15) is 14.9 Å². The first-order valence-corrected chi connectivity index (χ1v) is 5.59. The summed E-state index contributed by atoms with van der Waals surface area (Å²) in [6.45, 7) is 0. The average Bonchev–Trinajstić information content (AvgIpc) is 2.47. The maximum absolute atomic E-state index is 12.0. The van der Waals surface area contributed by atoms with Gasteiger partial charge in [0.25, 0.3) is 10.8 Å². The van der Waals surface area contributed by atoms with Crippen molar-refractivity contribution in [2.75, 3.05) is 0 Å². The molecule has 8 heteroatoms. The standard InChI is InChI=1S/C13H9NO3.HNO3/c15-13(10-4-2-1-3-5-10)11-6-8-12(9-7-11)14(16)17;2-1(3)4/h1-9H;(H,2,3,4). The number of nitro benzene ring substituents is 1. The lowest BCUT2D eigenvalue weighted by Gasteiger charge is -2.00. The van der Waals surface area contributed by atoms with Crippen LogP contribution in [0.15, 0.2) is 54.6 Å². The highest BCUT2D eigenvalue weighted by Gasteiger charge is 2.10. The molecule has 0 fully saturated rings. The maximum Gasteiger partial charge on any atom is 0.291 e. The van der Waals surface area contributed by atoms with Crippen molar-refractivity contribution in [1.82, 2.24) is 0 Å². The van der Waals surface area contributed by atoms with Crippen molar-refractivity contribution in [2.45, 2.75) is 0 Å². The molecule has 0 saturated heterocycles. The van der Waals surface area contributed by atoms with Gasteiger partial charge in [0.05, 0.1) is 4.92 Å². The quantitative estimate of drug-likeness (QED) is 0.526. The lowest BCUT2D eigenvalue weighted by atomic mass is 10.0. The number of hydrogen-bond donors (Lipinski definition) is 1. The van der Waals surface area contributed by atoms with Crippen molar-refractivity contribution in [3.05, 3.63) is 86.0 Å². The topological polar surface area (TPSA) is 124 Å². The smallest absolute Gasteiger partial charge is 0.291 e. The van der Waals surface area contributed by atoms with Crippen LogP contribution in [0.1, 0.15) is 15.9 Å². The van der Waals surface area contributed by atoms with E-state index in [1.165, 1.54) is 24.3 Å². The number of nitro groups is 1. The zero-order valence-electron chi connectivity index (χ0n) is 10.6. The van der Waals surface area contributed by atoms with E-state index < -0.39 is 10.0 Å². The number of rotatable bonds is 3. The molecule has 108 valence electrons. The summed E-state index contributed by atoms with van der Waals surface area (Å²) in [7, 11) is 0. The van der Waals surface area contributed by atoms with Crippen molar-refractivity contribution in [2.24, 2.45) is 0 Å². The Morgan fingerprint density at radius 2 is 1.29 bits per heavy atom. The Morgan fingerprint density at radius 3 is 1.71 bits per heavy atom.